The van der Waals surface area contributed by atoms with E-state index in [1.807, 2.05) is 18.2 Å². The van der Waals surface area contributed by atoms with Gasteiger partial charge in [0.1, 0.15) is 17.5 Å². The van der Waals surface area contributed by atoms with Gasteiger partial charge < -0.3 is 10.2 Å². The van der Waals surface area contributed by atoms with E-state index in [1.54, 1.807) is 18.2 Å². The number of fused-ring (bicyclic) bond motifs is 1. The van der Waals surface area contributed by atoms with Gasteiger partial charge in [-0.25, -0.2) is 13.2 Å². The van der Waals surface area contributed by atoms with Crippen LogP contribution in [0, 0.1) is 17.5 Å². The van der Waals surface area contributed by atoms with E-state index in [-0.39, 0.29) is 48.4 Å². The molecule has 0 aromatic heterocycles. The summed E-state index contributed by atoms with van der Waals surface area (Å²) in [7, 11) is -7.40. The van der Waals surface area contributed by atoms with Crippen LogP contribution in [-0.4, -0.2) is 44.5 Å². The molecule has 5 aromatic rings. The van der Waals surface area contributed by atoms with Crippen molar-refractivity contribution in [3.05, 3.63) is 177 Å². The Bertz CT molecular complexity index is 2130. The fraction of sp³-hybridized carbons (Fsp3) is 0.231. The predicted molar refractivity (Wildman–Crippen MR) is 194 cm³/mol. The molecule has 0 spiro atoms. The van der Waals surface area contributed by atoms with Crippen molar-refractivity contribution in [2.45, 2.75) is 45.6 Å². The summed E-state index contributed by atoms with van der Waals surface area (Å²) in [6, 6.07) is 34.7. The van der Waals surface area contributed by atoms with Crippen LogP contribution in [0.25, 0.3) is 0 Å². The number of aliphatic hydroxyl groups is 2. The molecule has 0 aliphatic carbocycles. The van der Waals surface area contributed by atoms with Gasteiger partial charge in [-0.05, 0) is 46.0 Å². The van der Waals surface area contributed by atoms with Gasteiger partial charge in [0.25, 0.3) is 20.2 Å². The van der Waals surface area contributed by atoms with Crippen molar-refractivity contribution in [2.75, 3.05) is 12.5 Å². The maximum absolute atomic E-state index is 14.1. The number of benzene rings is 5. The molecule has 2 N–H and O–H groups in total. The molecule has 9 nitrogen and oxygen atoms in total. The first-order valence-electron chi connectivity index (χ1n) is 16.2. The van der Waals surface area contributed by atoms with Crippen LogP contribution >= 0.6 is 0 Å². The van der Waals surface area contributed by atoms with Crippen LogP contribution in [0.1, 0.15) is 50.5 Å². The normalized spacial score (nSPS) is 12.8. The van der Waals surface area contributed by atoms with Gasteiger partial charge in [-0.2, -0.15) is 16.8 Å². The lowest BCUT2D eigenvalue weighted by Gasteiger charge is -2.28. The second-order valence-corrected chi connectivity index (χ2v) is 15.3. The zero-order valence-corrected chi connectivity index (χ0v) is 30.7. The highest BCUT2D eigenvalue weighted by molar-refractivity contribution is 7.86. The van der Waals surface area contributed by atoms with Crippen LogP contribution in [0.5, 0.6) is 0 Å². The Morgan fingerprint density at radius 2 is 1.08 bits per heavy atom. The molecule has 0 unspecified atom stereocenters. The molecule has 1 aliphatic rings. The van der Waals surface area contributed by atoms with Crippen molar-refractivity contribution in [2.24, 2.45) is 0 Å². The summed E-state index contributed by atoms with van der Waals surface area (Å²) in [6.45, 7) is -0.0960. The monoisotopic (exact) mass is 771 g/mol. The molecular formula is C39H40F3NO8S2. The minimum Gasteiger partial charge on any atom is -0.392 e. The third kappa shape index (κ3) is 12.3. The minimum atomic E-state index is -3.72. The molecule has 0 amide bonds. The van der Waals surface area contributed by atoms with Crippen LogP contribution < -0.4 is 0 Å². The highest BCUT2D eigenvalue weighted by atomic mass is 32.2. The summed E-state index contributed by atoms with van der Waals surface area (Å²) >= 11 is 0. The van der Waals surface area contributed by atoms with E-state index in [4.69, 9.17) is 10.2 Å². The first kappa shape index (κ1) is 41.3. The van der Waals surface area contributed by atoms with Crippen molar-refractivity contribution >= 4 is 20.2 Å². The maximum Gasteiger partial charge on any atom is 0.264 e. The summed E-state index contributed by atoms with van der Waals surface area (Å²) < 4.78 is 93.0. The number of hydrogen-bond acceptors (Lipinski definition) is 9. The van der Waals surface area contributed by atoms with E-state index in [9.17, 15) is 30.0 Å². The summed E-state index contributed by atoms with van der Waals surface area (Å²) in [5.74, 6) is -1.26. The van der Waals surface area contributed by atoms with E-state index in [0.29, 0.717) is 12.1 Å². The third-order valence-electron chi connectivity index (χ3n) is 8.15. The molecule has 0 saturated heterocycles. The van der Waals surface area contributed by atoms with Crippen molar-refractivity contribution in [1.29, 1.82) is 0 Å². The van der Waals surface area contributed by atoms with Gasteiger partial charge in [-0.1, -0.05) is 97.1 Å². The lowest BCUT2D eigenvalue weighted by Crippen LogP contribution is -2.24. The summed E-state index contributed by atoms with van der Waals surface area (Å²) in [4.78, 5) is 2.35. The van der Waals surface area contributed by atoms with Crippen LogP contribution in [0.15, 0.2) is 115 Å². The van der Waals surface area contributed by atoms with Gasteiger partial charge in [0.05, 0.1) is 45.0 Å². The van der Waals surface area contributed by atoms with Gasteiger partial charge in [-0.15, -0.1) is 0 Å². The number of rotatable bonds is 11. The number of hydrogen-bond donors (Lipinski definition) is 2. The van der Waals surface area contributed by atoms with Gasteiger partial charge in [0.15, 0.2) is 0 Å². The SMILES string of the molecule is CS(=O)(=O)OCc1cccc(F)c1COS(C)(=O)=O.Fc1cccc2c1CN(C(c1ccccc1)c1ccccc1)C2.OCc1cccc(F)c1CO. The molecule has 0 radical (unpaired) electrons. The maximum atomic E-state index is 14.1. The zero-order valence-electron chi connectivity index (χ0n) is 29.0. The van der Waals surface area contributed by atoms with Crippen molar-refractivity contribution < 1.29 is 48.6 Å². The van der Waals surface area contributed by atoms with Crippen molar-refractivity contribution in [3.63, 3.8) is 0 Å². The fourth-order valence-electron chi connectivity index (χ4n) is 5.64. The number of halogens is 3. The Morgan fingerprint density at radius 3 is 1.57 bits per heavy atom. The van der Waals surface area contributed by atoms with Gasteiger partial charge in [-0.3, -0.25) is 13.3 Å². The molecule has 1 heterocycles. The third-order valence-corrected chi connectivity index (χ3v) is 9.24. The van der Waals surface area contributed by atoms with Crippen LogP contribution in [0.3, 0.4) is 0 Å². The minimum absolute atomic E-state index is 0.0587. The van der Waals surface area contributed by atoms with Crippen LogP contribution in [0.2, 0.25) is 0 Å². The highest BCUT2D eigenvalue weighted by Crippen LogP contribution is 2.36. The van der Waals surface area contributed by atoms with Crippen molar-refractivity contribution in [3.8, 4) is 0 Å². The molecule has 0 atom stereocenters. The molecule has 14 heteroatoms. The van der Waals surface area contributed by atoms with Crippen LogP contribution in [0.4, 0.5) is 13.2 Å². The van der Waals surface area contributed by atoms with E-state index in [0.717, 1.165) is 36.2 Å². The molecular weight excluding hydrogens is 732 g/mol. The largest absolute Gasteiger partial charge is 0.392 e. The molecule has 6 rings (SSSR count). The standard InChI is InChI=1S/C21H18FN.C10H13FO6S2.C8H9FO2/c22-20-13-7-12-18-14-23(15-19(18)20)21(16-8-3-1-4-9-16)17-10-5-2-6-11-17;1-18(12,13)16-6-8-4-3-5-10(11)9(8)7-17-19(2,14)15;9-8-3-1-2-6(4-10)7(8)5-11/h1-13,21H,14-15H2;3-5H,6-7H2,1-2H3;1-3,10-11H,4-5H2. The molecule has 282 valence electrons. The van der Waals surface area contributed by atoms with Crippen molar-refractivity contribution in [1.82, 2.24) is 4.90 Å². The average Bonchev–Trinajstić information content (AvgIpc) is 3.56. The molecule has 1 aliphatic heterocycles. The first-order chi connectivity index (χ1) is 25.2. The molecule has 0 fully saturated rings. The predicted octanol–water partition coefficient (Wildman–Crippen LogP) is 6.52. The number of nitrogens with zero attached hydrogens (tertiary/aromatic N) is 1. The van der Waals surface area contributed by atoms with E-state index >= 15 is 0 Å². The van der Waals surface area contributed by atoms with E-state index in [2.05, 4.69) is 61.8 Å². The first-order valence-corrected chi connectivity index (χ1v) is 19.9. The van der Waals surface area contributed by atoms with E-state index < -0.39 is 38.5 Å². The quantitative estimate of drug-likeness (QED) is 0.144. The van der Waals surface area contributed by atoms with Crippen LogP contribution in [-0.2, 0) is 68.1 Å². The Labute approximate surface area is 308 Å². The Morgan fingerprint density at radius 1 is 0.585 bits per heavy atom. The molecule has 53 heavy (non-hydrogen) atoms. The second kappa shape index (κ2) is 19.1. The highest BCUT2D eigenvalue weighted by Gasteiger charge is 2.29. The Balaban J connectivity index is 0.000000189. The second-order valence-electron chi connectivity index (χ2n) is 12.0. The smallest absolute Gasteiger partial charge is 0.264 e. The fourth-order valence-corrected chi connectivity index (χ4v) is 6.31. The molecule has 0 bridgehead atoms. The molecule has 0 saturated carbocycles. The topological polar surface area (TPSA) is 130 Å². The Hall–Kier alpha value is -4.41. The summed E-state index contributed by atoms with van der Waals surface area (Å²) in [5.41, 5.74) is 5.18. The lowest BCUT2D eigenvalue weighted by atomic mass is 9.97. The van der Waals surface area contributed by atoms with Gasteiger partial charge in [0.2, 0.25) is 0 Å². The van der Waals surface area contributed by atoms with E-state index in [1.165, 1.54) is 35.4 Å². The zero-order chi connectivity index (χ0) is 38.6. The lowest BCUT2D eigenvalue weighted by molar-refractivity contribution is 0.229. The molecule has 5 aromatic carbocycles. The van der Waals surface area contributed by atoms with Gasteiger partial charge in [0, 0.05) is 29.8 Å². The number of aliphatic hydroxyl groups excluding tert-OH is 2. The Kier molecular flexibility index (Phi) is 14.9. The average molecular weight is 772 g/mol. The summed E-state index contributed by atoms with van der Waals surface area (Å²) in [5, 5.41) is 17.4. The van der Waals surface area contributed by atoms with Gasteiger partial charge >= 0.3 is 0 Å². The summed E-state index contributed by atoms with van der Waals surface area (Å²) in [6.07, 6.45) is 1.69.